The van der Waals surface area contributed by atoms with Crippen LogP contribution in [0.25, 0.3) is 0 Å². The van der Waals surface area contributed by atoms with Crippen LogP contribution in [0.5, 0.6) is 0 Å². The third-order valence-electron chi connectivity index (χ3n) is 6.95. The zero-order valence-corrected chi connectivity index (χ0v) is 20.9. The van der Waals surface area contributed by atoms with Gasteiger partial charge in [-0.25, -0.2) is 0 Å². The van der Waals surface area contributed by atoms with Gasteiger partial charge in [0, 0.05) is 6.04 Å². The van der Waals surface area contributed by atoms with Gasteiger partial charge in [0.25, 0.3) is 0 Å². The number of aliphatic carboxylic acids is 1. The van der Waals surface area contributed by atoms with E-state index >= 15 is 0 Å². The molecule has 0 heterocycles. The number of carboxylic acid groups (broad SMARTS) is 1. The fourth-order valence-electron chi connectivity index (χ4n) is 5.34. The second-order valence-corrected chi connectivity index (χ2v) is 9.25. The first kappa shape index (κ1) is 26.7. The van der Waals surface area contributed by atoms with E-state index in [2.05, 4.69) is 17.4 Å². The summed E-state index contributed by atoms with van der Waals surface area (Å²) in [5.74, 6) is -1.77. The molecule has 4 rings (SSSR count). The summed E-state index contributed by atoms with van der Waals surface area (Å²) in [6.45, 7) is 3.35. The molecule has 0 aliphatic heterocycles. The summed E-state index contributed by atoms with van der Waals surface area (Å²) >= 11 is 0. The van der Waals surface area contributed by atoms with E-state index in [1.807, 2.05) is 36.4 Å². The van der Waals surface area contributed by atoms with E-state index in [0.717, 1.165) is 24.0 Å². The number of carboxylic acids is 1. The third kappa shape index (κ3) is 6.03. The number of halogens is 1. The summed E-state index contributed by atoms with van der Waals surface area (Å²) in [7, 11) is 0. The van der Waals surface area contributed by atoms with Gasteiger partial charge in [-0.05, 0) is 67.7 Å². The van der Waals surface area contributed by atoms with E-state index in [0.29, 0.717) is 12.8 Å². The molecule has 35 heavy (non-hydrogen) atoms. The molecule has 0 saturated heterocycles. The second kappa shape index (κ2) is 11.7. The summed E-state index contributed by atoms with van der Waals surface area (Å²) in [5.41, 5.74) is 4.70. The minimum absolute atomic E-state index is 0. The Balaban J connectivity index is 0.00000342. The summed E-state index contributed by atoms with van der Waals surface area (Å²) in [6, 6.07) is 14.5. The van der Waals surface area contributed by atoms with Gasteiger partial charge >= 0.3 is 11.9 Å². The molecule has 0 bridgehead atoms. The normalized spacial score (nSPS) is 16.5. The Bertz CT molecular complexity index is 1030. The van der Waals surface area contributed by atoms with Gasteiger partial charge in [0.05, 0.1) is 12.6 Å². The zero-order valence-electron chi connectivity index (χ0n) is 20.1. The highest BCUT2D eigenvalue weighted by Gasteiger charge is 2.38. The molecule has 0 saturated carbocycles. The SMILES string of the molecule is CCOC(=O)C(N[C@@H](C)C(=O)N(CC(=O)O)C1Cc2ccccc2C1)C1Cc2ccccc2C1.Cl. The Hall–Kier alpha value is -2.90. The highest BCUT2D eigenvalue weighted by molar-refractivity contribution is 5.86. The fourth-order valence-corrected chi connectivity index (χ4v) is 5.34. The highest BCUT2D eigenvalue weighted by atomic mass is 35.5. The quantitative estimate of drug-likeness (QED) is 0.514. The Kier molecular flexibility index (Phi) is 8.92. The van der Waals surface area contributed by atoms with E-state index < -0.39 is 18.1 Å². The Morgan fingerprint density at radius 1 is 0.971 bits per heavy atom. The van der Waals surface area contributed by atoms with Crippen LogP contribution >= 0.6 is 12.4 Å². The van der Waals surface area contributed by atoms with Crippen LogP contribution in [0.3, 0.4) is 0 Å². The van der Waals surface area contributed by atoms with E-state index in [4.69, 9.17) is 4.74 Å². The van der Waals surface area contributed by atoms with E-state index in [-0.39, 0.29) is 49.4 Å². The molecular formula is C27H33ClN2O5. The van der Waals surface area contributed by atoms with Gasteiger partial charge in [-0.2, -0.15) is 0 Å². The molecule has 8 heteroatoms. The van der Waals surface area contributed by atoms with Crippen LogP contribution < -0.4 is 5.32 Å². The number of rotatable bonds is 9. The van der Waals surface area contributed by atoms with E-state index in [9.17, 15) is 19.5 Å². The minimum Gasteiger partial charge on any atom is -0.480 e. The molecule has 2 atom stereocenters. The third-order valence-corrected chi connectivity index (χ3v) is 6.95. The van der Waals surface area contributed by atoms with E-state index in [1.165, 1.54) is 16.0 Å². The number of amides is 1. The molecule has 2 aromatic rings. The van der Waals surface area contributed by atoms with Crippen molar-refractivity contribution in [2.45, 2.75) is 57.7 Å². The molecule has 7 nitrogen and oxygen atoms in total. The fraction of sp³-hybridized carbons (Fsp3) is 0.444. The lowest BCUT2D eigenvalue weighted by molar-refractivity contribution is -0.150. The van der Waals surface area contributed by atoms with Gasteiger partial charge in [-0.3, -0.25) is 19.7 Å². The number of ether oxygens (including phenoxy) is 1. The first-order valence-corrected chi connectivity index (χ1v) is 12.0. The molecule has 0 fully saturated rings. The van der Waals surface area contributed by atoms with Gasteiger partial charge in [0.15, 0.2) is 0 Å². The lowest BCUT2D eigenvalue weighted by atomic mass is 9.95. The number of benzene rings is 2. The van der Waals surface area contributed by atoms with Crippen molar-refractivity contribution >= 4 is 30.3 Å². The van der Waals surface area contributed by atoms with Crippen molar-refractivity contribution in [3.8, 4) is 0 Å². The van der Waals surface area contributed by atoms with Crippen LogP contribution in [0.4, 0.5) is 0 Å². The number of nitrogens with one attached hydrogen (secondary N) is 1. The van der Waals surface area contributed by atoms with Gasteiger partial charge in [0.2, 0.25) is 5.91 Å². The van der Waals surface area contributed by atoms with Crippen LogP contribution in [0.15, 0.2) is 48.5 Å². The number of hydrogen-bond acceptors (Lipinski definition) is 5. The van der Waals surface area contributed by atoms with E-state index in [1.54, 1.807) is 13.8 Å². The first-order valence-electron chi connectivity index (χ1n) is 12.0. The van der Waals surface area contributed by atoms with Crippen molar-refractivity contribution in [1.29, 1.82) is 0 Å². The molecule has 2 aliphatic rings. The molecule has 0 aromatic heterocycles. The van der Waals surface area contributed by atoms with Crippen LogP contribution in [0.2, 0.25) is 0 Å². The number of fused-ring (bicyclic) bond motifs is 2. The van der Waals surface area contributed by atoms with Gasteiger partial charge in [-0.1, -0.05) is 48.5 Å². The molecule has 1 amide bonds. The average Bonchev–Trinajstić information content (AvgIpc) is 3.44. The van der Waals surface area contributed by atoms with Gasteiger partial charge in [-0.15, -0.1) is 12.4 Å². The Morgan fingerprint density at radius 3 is 1.91 bits per heavy atom. The van der Waals surface area contributed by atoms with Crippen LogP contribution in [-0.2, 0) is 44.8 Å². The topological polar surface area (TPSA) is 95.9 Å². The average molecular weight is 501 g/mol. The maximum atomic E-state index is 13.5. The van der Waals surface area contributed by atoms with Crippen molar-refractivity contribution in [3.63, 3.8) is 0 Å². The number of carbonyl (C=O) groups is 3. The van der Waals surface area contributed by atoms with Crippen molar-refractivity contribution in [1.82, 2.24) is 10.2 Å². The number of esters is 1. The highest BCUT2D eigenvalue weighted by Crippen LogP contribution is 2.30. The second-order valence-electron chi connectivity index (χ2n) is 9.25. The number of nitrogens with zero attached hydrogens (tertiary/aromatic N) is 1. The molecule has 0 spiro atoms. The van der Waals surface area contributed by atoms with Crippen molar-refractivity contribution in [2.75, 3.05) is 13.2 Å². The summed E-state index contributed by atoms with van der Waals surface area (Å²) in [4.78, 5) is 39.5. The lowest BCUT2D eigenvalue weighted by Crippen LogP contribution is -2.56. The summed E-state index contributed by atoms with van der Waals surface area (Å²) in [5, 5.41) is 12.7. The number of carbonyl (C=O) groups excluding carboxylic acids is 2. The molecular weight excluding hydrogens is 468 g/mol. The van der Waals surface area contributed by atoms with Crippen molar-refractivity contribution in [2.24, 2.45) is 5.92 Å². The van der Waals surface area contributed by atoms with Gasteiger partial charge < -0.3 is 14.7 Å². The molecule has 2 N–H and O–H groups in total. The first-order chi connectivity index (χ1) is 16.4. The van der Waals surface area contributed by atoms with Crippen molar-refractivity contribution < 1.29 is 24.2 Å². The maximum absolute atomic E-state index is 13.5. The smallest absolute Gasteiger partial charge is 0.323 e. The van der Waals surface area contributed by atoms with Crippen LogP contribution in [0, 0.1) is 5.92 Å². The zero-order chi connectivity index (χ0) is 24.2. The summed E-state index contributed by atoms with van der Waals surface area (Å²) in [6.07, 6.45) is 2.71. The van der Waals surface area contributed by atoms with Crippen LogP contribution in [-0.4, -0.2) is 59.1 Å². The van der Waals surface area contributed by atoms with Crippen LogP contribution in [0.1, 0.15) is 36.1 Å². The minimum atomic E-state index is -1.05. The molecule has 188 valence electrons. The lowest BCUT2D eigenvalue weighted by Gasteiger charge is -2.32. The molecule has 2 aromatic carbocycles. The predicted octanol–water partition coefficient (Wildman–Crippen LogP) is 2.81. The summed E-state index contributed by atoms with van der Waals surface area (Å²) < 4.78 is 5.34. The number of hydrogen-bond donors (Lipinski definition) is 2. The Morgan fingerprint density at radius 2 is 1.46 bits per heavy atom. The largest absolute Gasteiger partial charge is 0.480 e. The maximum Gasteiger partial charge on any atom is 0.323 e. The monoisotopic (exact) mass is 500 g/mol. The Labute approximate surface area is 212 Å². The van der Waals surface area contributed by atoms with Crippen molar-refractivity contribution in [3.05, 3.63) is 70.8 Å². The molecule has 1 unspecified atom stereocenters. The molecule has 0 radical (unpaired) electrons. The predicted molar refractivity (Wildman–Crippen MR) is 135 cm³/mol. The molecule has 2 aliphatic carbocycles. The standard InChI is InChI=1S/C27H32N2O5.ClH/c1-3-34-27(33)25(22-12-18-8-4-5-9-19(18)13-22)28-17(2)26(32)29(16-24(30)31)23-14-20-10-6-7-11-21(20)15-23;/h4-11,17,22-23,25,28H,3,12-16H2,1-2H3,(H,30,31);1H/t17-,25?;/m0./s1. The van der Waals surface area contributed by atoms with Gasteiger partial charge in [0.1, 0.15) is 12.6 Å².